The van der Waals surface area contributed by atoms with Gasteiger partial charge in [0.15, 0.2) is 10.2 Å². The first-order valence-electron chi connectivity index (χ1n) is 7.62. The Morgan fingerprint density at radius 1 is 1.22 bits per heavy atom. The highest BCUT2D eigenvalue weighted by atomic mass is 32.1. The molecule has 1 heterocycles. The molecule has 0 aliphatic carbocycles. The van der Waals surface area contributed by atoms with Gasteiger partial charge in [0.05, 0.1) is 12.7 Å². The molecule has 0 amide bonds. The van der Waals surface area contributed by atoms with Gasteiger partial charge in [0.2, 0.25) is 0 Å². The van der Waals surface area contributed by atoms with Crippen molar-refractivity contribution in [2.75, 3.05) is 25.1 Å². The second-order valence-corrected chi connectivity index (χ2v) is 5.82. The van der Waals surface area contributed by atoms with Crippen LogP contribution in [-0.2, 0) is 4.74 Å². The number of anilines is 1. The molecule has 1 aromatic carbocycles. The molecule has 1 fully saturated rings. The number of rotatable bonds is 5. The van der Waals surface area contributed by atoms with Crippen LogP contribution in [0.2, 0.25) is 0 Å². The van der Waals surface area contributed by atoms with Gasteiger partial charge >= 0.3 is 0 Å². The molecule has 8 heteroatoms. The van der Waals surface area contributed by atoms with Crippen molar-refractivity contribution in [2.24, 2.45) is 0 Å². The molecule has 1 aromatic rings. The van der Waals surface area contributed by atoms with Crippen LogP contribution in [0.4, 0.5) is 5.69 Å². The van der Waals surface area contributed by atoms with E-state index in [2.05, 4.69) is 21.5 Å². The lowest BCUT2D eigenvalue weighted by Gasteiger charge is -2.16. The number of ether oxygens (including phenoxy) is 2. The quantitative estimate of drug-likeness (QED) is 0.473. The molecule has 0 spiro atoms. The van der Waals surface area contributed by atoms with E-state index >= 15 is 0 Å². The predicted octanol–water partition coefficient (Wildman–Crippen LogP) is 1.93. The Morgan fingerprint density at radius 3 is 2.61 bits per heavy atom. The Balaban J connectivity index is 1.64. The average Bonchev–Trinajstić information content (AvgIpc) is 3.06. The van der Waals surface area contributed by atoms with Crippen LogP contribution in [-0.4, -0.2) is 36.1 Å². The van der Waals surface area contributed by atoms with Crippen molar-refractivity contribution in [3.05, 3.63) is 24.3 Å². The van der Waals surface area contributed by atoms with E-state index < -0.39 is 0 Å². The standard InChI is InChI=1S/C15H22N4O2S2/c1-2-20-12-7-5-11(6-8-12)17-15(23)19-18-14(22)16-10-13-4-3-9-21-13/h5-8,13H,2-4,9-10H2,1H3,(H2,16,18,22)(H2,17,19,23)/t13-/m1/s1. The Hall–Kier alpha value is -1.64. The van der Waals surface area contributed by atoms with Gasteiger partial charge in [-0.25, -0.2) is 0 Å². The third kappa shape index (κ3) is 6.55. The summed E-state index contributed by atoms with van der Waals surface area (Å²) >= 11 is 10.4. The summed E-state index contributed by atoms with van der Waals surface area (Å²) in [5, 5.41) is 7.06. The van der Waals surface area contributed by atoms with Gasteiger partial charge in [0.25, 0.3) is 0 Å². The lowest BCUT2D eigenvalue weighted by Crippen LogP contribution is -2.49. The molecule has 4 N–H and O–H groups in total. The van der Waals surface area contributed by atoms with Crippen LogP contribution >= 0.6 is 24.4 Å². The second-order valence-electron chi connectivity index (χ2n) is 5.01. The highest BCUT2D eigenvalue weighted by Crippen LogP contribution is 2.15. The molecule has 6 nitrogen and oxygen atoms in total. The van der Waals surface area contributed by atoms with Crippen molar-refractivity contribution in [3.8, 4) is 5.75 Å². The molecule has 2 rings (SSSR count). The Labute approximate surface area is 147 Å². The van der Waals surface area contributed by atoms with Gasteiger partial charge in [0.1, 0.15) is 5.75 Å². The molecule has 1 aliphatic heterocycles. The van der Waals surface area contributed by atoms with E-state index in [0.717, 1.165) is 30.9 Å². The topological polar surface area (TPSA) is 66.6 Å². The molecule has 0 radical (unpaired) electrons. The number of thiocarbonyl (C=S) groups is 2. The molecule has 0 unspecified atom stereocenters. The van der Waals surface area contributed by atoms with Crippen molar-refractivity contribution in [1.29, 1.82) is 0 Å². The number of hydrazine groups is 1. The van der Waals surface area contributed by atoms with Gasteiger partial charge in [-0.15, -0.1) is 0 Å². The first kappa shape index (κ1) is 17.7. The molecule has 1 atom stereocenters. The van der Waals surface area contributed by atoms with Crippen LogP contribution in [0.5, 0.6) is 5.75 Å². The van der Waals surface area contributed by atoms with E-state index in [-0.39, 0.29) is 6.10 Å². The molecule has 1 saturated heterocycles. The lowest BCUT2D eigenvalue weighted by molar-refractivity contribution is 0.114. The summed E-state index contributed by atoms with van der Waals surface area (Å²) in [6, 6.07) is 7.56. The second kappa shape index (κ2) is 9.49. The van der Waals surface area contributed by atoms with Crippen LogP contribution in [0.1, 0.15) is 19.8 Å². The molecular formula is C15H22N4O2S2. The van der Waals surface area contributed by atoms with Crippen LogP contribution < -0.4 is 26.2 Å². The molecule has 23 heavy (non-hydrogen) atoms. The van der Waals surface area contributed by atoms with E-state index in [9.17, 15) is 0 Å². The fourth-order valence-corrected chi connectivity index (χ4v) is 2.44. The number of benzene rings is 1. The summed E-state index contributed by atoms with van der Waals surface area (Å²) in [5.74, 6) is 0.828. The monoisotopic (exact) mass is 354 g/mol. The molecular weight excluding hydrogens is 332 g/mol. The summed E-state index contributed by atoms with van der Waals surface area (Å²) < 4.78 is 10.9. The van der Waals surface area contributed by atoms with E-state index in [0.29, 0.717) is 23.4 Å². The van der Waals surface area contributed by atoms with Gasteiger partial charge in [-0.2, -0.15) is 0 Å². The smallest absolute Gasteiger partial charge is 0.189 e. The Bertz CT molecular complexity index is 519. The Kier molecular flexibility index (Phi) is 7.31. The lowest BCUT2D eigenvalue weighted by atomic mass is 10.2. The van der Waals surface area contributed by atoms with Crippen molar-refractivity contribution < 1.29 is 9.47 Å². The summed E-state index contributed by atoms with van der Waals surface area (Å²) in [4.78, 5) is 0. The van der Waals surface area contributed by atoms with E-state index in [1.54, 1.807) is 0 Å². The summed E-state index contributed by atoms with van der Waals surface area (Å²) in [7, 11) is 0. The molecule has 0 bridgehead atoms. The van der Waals surface area contributed by atoms with E-state index in [1.165, 1.54) is 0 Å². The van der Waals surface area contributed by atoms with Gasteiger partial charge in [-0.1, -0.05) is 0 Å². The summed E-state index contributed by atoms with van der Waals surface area (Å²) in [6.07, 6.45) is 2.42. The third-order valence-corrected chi connectivity index (χ3v) is 3.68. The Morgan fingerprint density at radius 2 is 1.96 bits per heavy atom. The van der Waals surface area contributed by atoms with Crippen LogP contribution in [0, 0.1) is 0 Å². The van der Waals surface area contributed by atoms with Crippen LogP contribution in [0.25, 0.3) is 0 Å². The first-order chi connectivity index (χ1) is 11.2. The molecule has 1 aliphatic rings. The minimum absolute atomic E-state index is 0.240. The van der Waals surface area contributed by atoms with Gasteiger partial charge in [-0.3, -0.25) is 10.9 Å². The van der Waals surface area contributed by atoms with Crippen molar-refractivity contribution >= 4 is 40.3 Å². The molecule has 126 valence electrons. The zero-order valence-electron chi connectivity index (χ0n) is 13.1. The SMILES string of the molecule is CCOc1ccc(NC(=S)NNC(=S)NC[C@H]2CCCO2)cc1. The minimum atomic E-state index is 0.240. The van der Waals surface area contributed by atoms with Gasteiger partial charge in [0, 0.05) is 18.8 Å². The van der Waals surface area contributed by atoms with Crippen molar-refractivity contribution in [3.63, 3.8) is 0 Å². The number of hydrogen-bond acceptors (Lipinski definition) is 4. The van der Waals surface area contributed by atoms with Gasteiger partial charge < -0.3 is 20.1 Å². The number of hydrogen-bond donors (Lipinski definition) is 4. The highest BCUT2D eigenvalue weighted by molar-refractivity contribution is 7.80. The van der Waals surface area contributed by atoms with Crippen molar-refractivity contribution in [2.45, 2.75) is 25.9 Å². The van der Waals surface area contributed by atoms with Gasteiger partial charge in [-0.05, 0) is 68.5 Å². The molecule has 0 saturated carbocycles. The summed E-state index contributed by atoms with van der Waals surface area (Å²) in [5.41, 5.74) is 6.55. The average molecular weight is 355 g/mol. The maximum absolute atomic E-state index is 5.52. The largest absolute Gasteiger partial charge is 0.494 e. The normalized spacial score (nSPS) is 16.5. The maximum atomic E-state index is 5.52. The minimum Gasteiger partial charge on any atom is -0.494 e. The third-order valence-electron chi connectivity index (χ3n) is 3.23. The van der Waals surface area contributed by atoms with Crippen LogP contribution in [0.15, 0.2) is 24.3 Å². The van der Waals surface area contributed by atoms with E-state index in [1.807, 2.05) is 31.2 Å². The maximum Gasteiger partial charge on any atom is 0.189 e. The van der Waals surface area contributed by atoms with Crippen LogP contribution in [0.3, 0.4) is 0 Å². The summed E-state index contributed by atoms with van der Waals surface area (Å²) in [6.45, 7) is 4.13. The zero-order valence-corrected chi connectivity index (χ0v) is 14.7. The van der Waals surface area contributed by atoms with E-state index in [4.69, 9.17) is 33.9 Å². The fourth-order valence-electron chi connectivity index (χ4n) is 2.13. The predicted molar refractivity (Wildman–Crippen MR) is 99.7 cm³/mol. The molecule has 0 aromatic heterocycles. The number of nitrogens with one attached hydrogen (secondary N) is 4. The fraction of sp³-hybridized carbons (Fsp3) is 0.467. The zero-order chi connectivity index (χ0) is 16.5. The van der Waals surface area contributed by atoms with Crippen molar-refractivity contribution in [1.82, 2.24) is 16.2 Å². The highest BCUT2D eigenvalue weighted by Gasteiger charge is 2.15. The first-order valence-corrected chi connectivity index (χ1v) is 8.44.